The number of aliphatic hydroxyl groups is 1. The Morgan fingerprint density at radius 3 is 2.38 bits per heavy atom. The first kappa shape index (κ1) is 33.1. The van der Waals surface area contributed by atoms with Crippen molar-refractivity contribution in [2.45, 2.75) is 55.7 Å². The van der Waals surface area contributed by atoms with Crippen LogP contribution in [0.3, 0.4) is 0 Å². The number of benzene rings is 2. The maximum Gasteiger partial charge on any atom is 0.251 e. The topological polar surface area (TPSA) is 90.4 Å². The molecule has 1 spiro atoms. The zero-order chi connectivity index (χ0) is 32.5. The molecular formula is C35H42ClN3O5S. The fourth-order valence-corrected chi connectivity index (χ4v) is 9.83. The largest absolute Gasteiger partial charge is 0.494 e. The molecule has 2 bridgehead atoms. The minimum Gasteiger partial charge on any atom is -0.494 e. The number of ether oxygens (including phenoxy) is 1. The van der Waals surface area contributed by atoms with Crippen molar-refractivity contribution in [3.63, 3.8) is 0 Å². The van der Waals surface area contributed by atoms with Crippen LogP contribution in [0.15, 0.2) is 73.8 Å². The van der Waals surface area contributed by atoms with E-state index in [4.69, 9.17) is 16.3 Å². The summed E-state index contributed by atoms with van der Waals surface area (Å²) in [6.45, 7) is 14.2. The number of thioether (sulfide) groups is 1. The normalized spacial score (nSPS) is 25.6. The molecule has 0 aromatic heterocycles. The van der Waals surface area contributed by atoms with Gasteiger partial charge >= 0.3 is 0 Å². The van der Waals surface area contributed by atoms with Crippen LogP contribution >= 0.6 is 23.4 Å². The highest BCUT2D eigenvalue weighted by molar-refractivity contribution is 8.02. The molecule has 0 radical (unpaired) electrons. The van der Waals surface area contributed by atoms with Gasteiger partial charge in [-0.3, -0.25) is 14.4 Å². The SMILES string of the molecule is C=CCN(C(=O)[C@@H]1[C@H]2C(=O)N([C@@H](CO)C(C)C)C(C(=O)N(CC=C)c3ccccc3Cl)C23CC[C@H]1S3)c1ccc(OCC)cc1. The van der Waals surface area contributed by atoms with Crippen molar-refractivity contribution >= 4 is 52.5 Å². The number of aliphatic hydroxyl groups excluding tert-OH is 1. The Morgan fingerprint density at radius 2 is 1.78 bits per heavy atom. The van der Waals surface area contributed by atoms with E-state index in [-0.39, 0.29) is 48.6 Å². The molecule has 240 valence electrons. The van der Waals surface area contributed by atoms with Gasteiger partial charge in [0.1, 0.15) is 11.8 Å². The van der Waals surface area contributed by atoms with Gasteiger partial charge in [-0.25, -0.2) is 0 Å². The number of fused-ring (bicyclic) bond motifs is 1. The van der Waals surface area contributed by atoms with E-state index in [9.17, 15) is 19.5 Å². The van der Waals surface area contributed by atoms with Crippen LogP contribution in [0.25, 0.3) is 0 Å². The van der Waals surface area contributed by atoms with E-state index >= 15 is 0 Å². The van der Waals surface area contributed by atoms with Crippen LogP contribution in [-0.2, 0) is 14.4 Å². The monoisotopic (exact) mass is 651 g/mol. The number of likely N-dealkylation sites (tertiary alicyclic amines) is 1. The highest BCUT2D eigenvalue weighted by Gasteiger charge is 2.75. The van der Waals surface area contributed by atoms with Crippen LogP contribution in [-0.4, -0.2) is 76.1 Å². The zero-order valence-corrected chi connectivity index (χ0v) is 27.7. The van der Waals surface area contributed by atoms with Crippen molar-refractivity contribution < 1.29 is 24.2 Å². The maximum absolute atomic E-state index is 14.8. The molecule has 2 unspecified atom stereocenters. The summed E-state index contributed by atoms with van der Waals surface area (Å²) in [4.78, 5) is 49.0. The number of rotatable bonds is 13. The summed E-state index contributed by atoms with van der Waals surface area (Å²) >= 11 is 8.19. The smallest absolute Gasteiger partial charge is 0.251 e. The molecule has 1 N–H and O–H groups in total. The second kappa shape index (κ2) is 13.6. The van der Waals surface area contributed by atoms with Crippen LogP contribution in [0, 0.1) is 17.8 Å². The Morgan fingerprint density at radius 1 is 1.11 bits per heavy atom. The summed E-state index contributed by atoms with van der Waals surface area (Å²) in [5.74, 6) is -1.48. The molecule has 5 rings (SSSR count). The molecule has 3 aliphatic rings. The van der Waals surface area contributed by atoms with Crippen molar-refractivity contribution in [3.8, 4) is 5.75 Å². The highest BCUT2D eigenvalue weighted by atomic mass is 35.5. The number of para-hydroxylation sites is 1. The summed E-state index contributed by atoms with van der Waals surface area (Å²) in [7, 11) is 0. The highest BCUT2D eigenvalue weighted by Crippen LogP contribution is 2.67. The molecule has 10 heteroatoms. The Hall–Kier alpha value is -3.27. The van der Waals surface area contributed by atoms with E-state index in [1.165, 1.54) is 0 Å². The minimum absolute atomic E-state index is 0.126. The fraction of sp³-hybridized carbons (Fsp3) is 0.457. The average Bonchev–Trinajstić information content (AvgIpc) is 3.67. The average molecular weight is 652 g/mol. The van der Waals surface area contributed by atoms with Gasteiger partial charge in [0, 0.05) is 24.0 Å². The van der Waals surface area contributed by atoms with E-state index in [0.717, 1.165) is 0 Å². The van der Waals surface area contributed by atoms with Gasteiger partial charge in [-0.2, -0.15) is 0 Å². The number of anilines is 2. The fourth-order valence-electron chi connectivity index (χ4n) is 7.40. The van der Waals surface area contributed by atoms with Crippen molar-refractivity contribution in [2.75, 3.05) is 36.1 Å². The lowest BCUT2D eigenvalue weighted by Gasteiger charge is -2.40. The van der Waals surface area contributed by atoms with Crippen LogP contribution in [0.1, 0.15) is 33.6 Å². The lowest BCUT2D eigenvalue weighted by atomic mass is 9.70. The maximum atomic E-state index is 14.8. The molecule has 0 aliphatic carbocycles. The first-order valence-electron chi connectivity index (χ1n) is 15.6. The van der Waals surface area contributed by atoms with Crippen LogP contribution in [0.2, 0.25) is 5.02 Å². The second-order valence-electron chi connectivity index (χ2n) is 12.1. The first-order chi connectivity index (χ1) is 21.6. The standard InChI is InChI=1S/C35H42ClN3O5S/c1-6-19-37(23-13-15-24(16-14-23)44-8-3)32(41)29-28-17-18-35(45-28)30(29)33(42)39(27(21-40)22(4)5)31(35)34(43)38(20-7-2)26-12-10-9-11-25(26)36/h6-7,9-16,22,27-31,40H,1-2,8,17-21H2,3-5H3/t27-,28+,29-,30-,31?,35?/m0/s1. The Kier molecular flexibility index (Phi) is 10.0. The molecule has 2 aromatic carbocycles. The van der Waals surface area contributed by atoms with Gasteiger partial charge in [0.15, 0.2) is 0 Å². The Balaban J connectivity index is 1.59. The van der Waals surface area contributed by atoms with Gasteiger partial charge in [-0.1, -0.05) is 49.7 Å². The number of hydrogen-bond donors (Lipinski definition) is 1. The van der Waals surface area contributed by atoms with E-state index in [0.29, 0.717) is 41.6 Å². The Bertz CT molecular complexity index is 1450. The third kappa shape index (κ3) is 5.68. The Labute approximate surface area is 275 Å². The molecule has 3 amide bonds. The van der Waals surface area contributed by atoms with Gasteiger partial charge in [0.25, 0.3) is 5.91 Å². The van der Waals surface area contributed by atoms with Gasteiger partial charge in [0.05, 0.1) is 46.5 Å². The molecule has 3 fully saturated rings. The zero-order valence-electron chi connectivity index (χ0n) is 26.1. The summed E-state index contributed by atoms with van der Waals surface area (Å²) in [6.07, 6.45) is 4.63. The molecule has 45 heavy (non-hydrogen) atoms. The third-order valence-corrected chi connectivity index (χ3v) is 11.6. The first-order valence-corrected chi connectivity index (χ1v) is 16.8. The van der Waals surface area contributed by atoms with E-state index < -0.39 is 28.7 Å². The molecule has 6 atom stereocenters. The van der Waals surface area contributed by atoms with Gasteiger partial charge in [-0.15, -0.1) is 24.9 Å². The summed E-state index contributed by atoms with van der Waals surface area (Å²) in [5, 5.41) is 10.9. The predicted octanol–water partition coefficient (Wildman–Crippen LogP) is 5.59. The van der Waals surface area contributed by atoms with Crippen molar-refractivity contribution in [2.24, 2.45) is 17.8 Å². The van der Waals surface area contributed by atoms with Crippen LogP contribution < -0.4 is 14.5 Å². The second-order valence-corrected chi connectivity index (χ2v) is 14.2. The summed E-state index contributed by atoms with van der Waals surface area (Å²) < 4.78 is 4.76. The molecule has 8 nitrogen and oxygen atoms in total. The summed E-state index contributed by atoms with van der Waals surface area (Å²) in [5.41, 5.74) is 1.21. The van der Waals surface area contributed by atoms with Gasteiger partial charge in [0.2, 0.25) is 11.8 Å². The number of hydrogen-bond acceptors (Lipinski definition) is 6. The lowest BCUT2D eigenvalue weighted by molar-refractivity contribution is -0.142. The number of halogens is 1. The quantitative estimate of drug-likeness (QED) is 0.284. The molecule has 3 saturated heterocycles. The van der Waals surface area contributed by atoms with E-state index in [1.54, 1.807) is 56.8 Å². The number of nitrogens with zero attached hydrogens (tertiary/aromatic N) is 3. The van der Waals surface area contributed by atoms with E-state index in [2.05, 4.69) is 13.2 Å². The van der Waals surface area contributed by atoms with E-state index in [1.807, 2.05) is 51.1 Å². The molecular weight excluding hydrogens is 610 g/mol. The number of amides is 3. The predicted molar refractivity (Wildman–Crippen MR) is 181 cm³/mol. The number of carbonyl (C=O) groups is 3. The van der Waals surface area contributed by atoms with Crippen LogP contribution in [0.5, 0.6) is 5.75 Å². The van der Waals surface area contributed by atoms with Crippen molar-refractivity contribution in [1.29, 1.82) is 0 Å². The summed E-state index contributed by atoms with van der Waals surface area (Å²) in [6, 6.07) is 13.0. The van der Waals surface area contributed by atoms with Crippen molar-refractivity contribution in [1.82, 2.24) is 4.90 Å². The van der Waals surface area contributed by atoms with Crippen molar-refractivity contribution in [3.05, 3.63) is 78.9 Å². The molecule has 2 aromatic rings. The molecule has 3 heterocycles. The van der Waals surface area contributed by atoms with Crippen LogP contribution in [0.4, 0.5) is 11.4 Å². The van der Waals surface area contributed by atoms with Gasteiger partial charge < -0.3 is 24.5 Å². The molecule has 3 aliphatic heterocycles. The lowest BCUT2D eigenvalue weighted by Crippen LogP contribution is -2.58. The minimum atomic E-state index is -0.892. The number of carbonyl (C=O) groups excluding carboxylic acids is 3. The van der Waals surface area contributed by atoms with Gasteiger partial charge in [-0.05, 0) is 62.1 Å². The third-order valence-electron chi connectivity index (χ3n) is 9.33. The molecule has 0 saturated carbocycles.